The molecular formula is C15H11BrF2O3S. The minimum Gasteiger partial charge on any atom is -0.493 e. The van der Waals surface area contributed by atoms with Crippen molar-refractivity contribution in [2.45, 2.75) is 6.61 Å². The Morgan fingerprint density at radius 1 is 1.32 bits per heavy atom. The van der Waals surface area contributed by atoms with Gasteiger partial charge < -0.3 is 9.47 Å². The summed E-state index contributed by atoms with van der Waals surface area (Å²) in [5.74, 6) is -0.147. The standard InChI is InChI=1S/C15H11BrF2O3S/c1-20-11-4-2-3-9(14(11)21-15(17)18)5-6-10(19)12-7-8-13(16)22-12/h2-8,15H,1H3/b6-5+. The van der Waals surface area contributed by atoms with E-state index in [9.17, 15) is 13.6 Å². The fraction of sp³-hybridized carbons (Fsp3) is 0.133. The molecule has 116 valence electrons. The van der Waals surface area contributed by atoms with E-state index >= 15 is 0 Å². The zero-order chi connectivity index (χ0) is 16.1. The summed E-state index contributed by atoms with van der Waals surface area (Å²) in [5.41, 5.74) is 0.337. The van der Waals surface area contributed by atoms with Crippen molar-refractivity contribution in [3.63, 3.8) is 0 Å². The van der Waals surface area contributed by atoms with E-state index in [2.05, 4.69) is 20.7 Å². The smallest absolute Gasteiger partial charge is 0.387 e. The molecule has 0 aliphatic rings. The largest absolute Gasteiger partial charge is 0.493 e. The molecule has 0 aliphatic heterocycles. The topological polar surface area (TPSA) is 35.5 Å². The SMILES string of the molecule is COc1cccc(/C=C/C(=O)c2ccc(Br)s2)c1OC(F)F. The molecule has 2 rings (SSSR count). The van der Waals surface area contributed by atoms with E-state index in [0.717, 1.165) is 3.79 Å². The summed E-state index contributed by atoms with van der Waals surface area (Å²) in [5, 5.41) is 0. The lowest BCUT2D eigenvalue weighted by Gasteiger charge is -2.12. The Morgan fingerprint density at radius 3 is 2.68 bits per heavy atom. The van der Waals surface area contributed by atoms with Crippen molar-refractivity contribution in [3.8, 4) is 11.5 Å². The van der Waals surface area contributed by atoms with Crippen molar-refractivity contribution in [3.05, 3.63) is 50.6 Å². The van der Waals surface area contributed by atoms with Crippen LogP contribution in [0, 0.1) is 0 Å². The average Bonchev–Trinajstić information content (AvgIpc) is 2.92. The molecule has 7 heteroatoms. The highest BCUT2D eigenvalue weighted by Crippen LogP contribution is 2.33. The molecule has 3 nitrogen and oxygen atoms in total. The molecule has 0 N–H and O–H groups in total. The molecule has 0 bridgehead atoms. The predicted octanol–water partition coefficient (Wildman–Crippen LogP) is 5.02. The number of ketones is 1. The molecule has 22 heavy (non-hydrogen) atoms. The highest BCUT2D eigenvalue weighted by atomic mass is 79.9. The summed E-state index contributed by atoms with van der Waals surface area (Å²) in [6.45, 7) is -2.98. The lowest BCUT2D eigenvalue weighted by Crippen LogP contribution is -2.05. The fourth-order valence-corrected chi connectivity index (χ4v) is 3.04. The van der Waals surface area contributed by atoms with Crippen LogP contribution in [0.25, 0.3) is 6.08 Å². The van der Waals surface area contributed by atoms with Gasteiger partial charge in [0.25, 0.3) is 0 Å². The van der Waals surface area contributed by atoms with Crippen LogP contribution in [0.1, 0.15) is 15.2 Å². The van der Waals surface area contributed by atoms with Gasteiger partial charge >= 0.3 is 6.61 Å². The molecule has 0 aliphatic carbocycles. The lowest BCUT2D eigenvalue weighted by molar-refractivity contribution is -0.0513. The van der Waals surface area contributed by atoms with Gasteiger partial charge in [-0.2, -0.15) is 8.78 Å². The van der Waals surface area contributed by atoms with Crippen LogP contribution in [0.15, 0.2) is 40.2 Å². The number of thiophene rings is 1. The average molecular weight is 389 g/mol. The molecule has 2 aromatic rings. The monoisotopic (exact) mass is 388 g/mol. The number of carbonyl (C=O) groups is 1. The van der Waals surface area contributed by atoms with Crippen LogP contribution in [-0.4, -0.2) is 19.5 Å². The van der Waals surface area contributed by atoms with Crippen molar-refractivity contribution in [1.82, 2.24) is 0 Å². The van der Waals surface area contributed by atoms with E-state index in [-0.39, 0.29) is 17.3 Å². The Morgan fingerprint density at radius 2 is 2.09 bits per heavy atom. The van der Waals surface area contributed by atoms with E-state index in [4.69, 9.17) is 4.74 Å². The second-order valence-corrected chi connectivity index (χ2v) is 6.52. The second kappa shape index (κ2) is 7.51. The molecule has 0 saturated heterocycles. The minimum atomic E-state index is -2.98. The second-order valence-electron chi connectivity index (χ2n) is 4.06. The van der Waals surface area contributed by atoms with E-state index in [1.807, 2.05) is 0 Å². The first-order valence-electron chi connectivity index (χ1n) is 6.11. The number of alkyl halides is 2. The fourth-order valence-electron chi connectivity index (χ4n) is 1.73. The predicted molar refractivity (Wildman–Crippen MR) is 85.0 cm³/mol. The number of hydrogen-bond donors (Lipinski definition) is 0. The van der Waals surface area contributed by atoms with Crippen LogP contribution in [-0.2, 0) is 0 Å². The molecule has 0 unspecified atom stereocenters. The number of methoxy groups -OCH3 is 1. The molecular weight excluding hydrogens is 378 g/mol. The number of ether oxygens (including phenoxy) is 2. The summed E-state index contributed by atoms with van der Waals surface area (Å²) in [6.07, 6.45) is 2.74. The van der Waals surface area contributed by atoms with Crippen LogP contribution in [0.2, 0.25) is 0 Å². The van der Waals surface area contributed by atoms with E-state index < -0.39 is 6.61 Å². The lowest BCUT2D eigenvalue weighted by atomic mass is 10.1. The van der Waals surface area contributed by atoms with Crippen molar-refractivity contribution < 1.29 is 23.0 Å². The Hall–Kier alpha value is -1.73. The Balaban J connectivity index is 2.28. The Kier molecular flexibility index (Phi) is 5.68. The summed E-state index contributed by atoms with van der Waals surface area (Å²) >= 11 is 4.57. The number of allylic oxidation sites excluding steroid dienone is 1. The third-order valence-electron chi connectivity index (χ3n) is 2.67. The van der Waals surface area contributed by atoms with Crippen LogP contribution in [0.3, 0.4) is 0 Å². The number of halogens is 3. The van der Waals surface area contributed by atoms with Gasteiger partial charge in [0, 0.05) is 5.56 Å². The minimum absolute atomic E-state index is 0.101. The summed E-state index contributed by atoms with van der Waals surface area (Å²) in [4.78, 5) is 12.5. The maximum atomic E-state index is 12.5. The van der Waals surface area contributed by atoms with Crippen LogP contribution < -0.4 is 9.47 Å². The normalized spacial score (nSPS) is 11.1. The number of carbonyl (C=O) groups excluding carboxylic acids is 1. The molecule has 1 aromatic heterocycles. The van der Waals surface area contributed by atoms with Crippen molar-refractivity contribution in [2.24, 2.45) is 0 Å². The van der Waals surface area contributed by atoms with Gasteiger partial charge in [0.15, 0.2) is 17.3 Å². The number of para-hydroxylation sites is 1. The molecule has 0 atom stereocenters. The zero-order valence-corrected chi connectivity index (χ0v) is 13.8. The number of rotatable bonds is 6. The van der Waals surface area contributed by atoms with E-state index in [1.54, 1.807) is 24.3 Å². The van der Waals surface area contributed by atoms with E-state index in [0.29, 0.717) is 10.4 Å². The molecule has 0 radical (unpaired) electrons. The first-order valence-corrected chi connectivity index (χ1v) is 7.71. The molecule has 0 spiro atoms. The first kappa shape index (κ1) is 16.6. The summed E-state index contributed by atoms with van der Waals surface area (Å²) in [6, 6.07) is 8.15. The Labute approximate surface area is 138 Å². The van der Waals surface area contributed by atoms with Crippen LogP contribution in [0.4, 0.5) is 8.78 Å². The van der Waals surface area contributed by atoms with Crippen molar-refractivity contribution in [1.29, 1.82) is 0 Å². The highest BCUT2D eigenvalue weighted by Gasteiger charge is 2.14. The van der Waals surface area contributed by atoms with Gasteiger partial charge in [0.1, 0.15) is 0 Å². The van der Waals surface area contributed by atoms with E-state index in [1.165, 1.54) is 36.7 Å². The quantitative estimate of drug-likeness (QED) is 0.514. The van der Waals surface area contributed by atoms with Gasteiger partial charge in [-0.1, -0.05) is 12.1 Å². The van der Waals surface area contributed by atoms with Gasteiger partial charge in [0.2, 0.25) is 0 Å². The molecule has 0 amide bonds. The molecule has 0 saturated carbocycles. The Bertz CT molecular complexity index is 698. The maximum absolute atomic E-state index is 12.5. The molecule has 0 fully saturated rings. The summed E-state index contributed by atoms with van der Waals surface area (Å²) in [7, 11) is 1.36. The molecule has 1 aromatic carbocycles. The zero-order valence-electron chi connectivity index (χ0n) is 11.4. The highest BCUT2D eigenvalue weighted by molar-refractivity contribution is 9.11. The first-order chi connectivity index (χ1) is 10.5. The maximum Gasteiger partial charge on any atom is 0.387 e. The van der Waals surface area contributed by atoms with Gasteiger partial charge in [-0.3, -0.25) is 4.79 Å². The van der Waals surface area contributed by atoms with Gasteiger partial charge in [-0.05, 0) is 46.3 Å². The molecule has 1 heterocycles. The van der Waals surface area contributed by atoms with Crippen LogP contribution in [0.5, 0.6) is 11.5 Å². The summed E-state index contributed by atoms with van der Waals surface area (Å²) < 4.78 is 35.3. The van der Waals surface area contributed by atoms with Gasteiger partial charge in [-0.15, -0.1) is 11.3 Å². The third kappa shape index (κ3) is 4.14. The van der Waals surface area contributed by atoms with Crippen molar-refractivity contribution in [2.75, 3.05) is 7.11 Å². The number of benzene rings is 1. The van der Waals surface area contributed by atoms with Gasteiger partial charge in [0.05, 0.1) is 15.8 Å². The van der Waals surface area contributed by atoms with Gasteiger partial charge in [-0.25, -0.2) is 0 Å². The number of hydrogen-bond acceptors (Lipinski definition) is 4. The van der Waals surface area contributed by atoms with Crippen LogP contribution >= 0.6 is 27.3 Å². The van der Waals surface area contributed by atoms with Crippen molar-refractivity contribution >= 4 is 39.1 Å². The third-order valence-corrected chi connectivity index (χ3v) is 4.30.